The Morgan fingerprint density at radius 1 is 1.27 bits per heavy atom. The second-order valence-corrected chi connectivity index (χ2v) is 5.18. The van der Waals surface area contributed by atoms with Crippen molar-refractivity contribution < 1.29 is 4.79 Å². The number of hydrogen-bond donors (Lipinski definition) is 1. The smallest absolute Gasteiger partial charge is 0.237 e. The van der Waals surface area contributed by atoms with Crippen molar-refractivity contribution in [3.8, 4) is 0 Å². The SMILES string of the molecule is CC1CCN(C(C)C(=O)NC2CC2)CC1. The molecule has 1 heterocycles. The standard InChI is InChI=1S/C12H22N2O/c1-9-5-7-14(8-6-9)10(2)12(15)13-11-3-4-11/h9-11H,3-8H2,1-2H3,(H,13,15). The lowest BCUT2D eigenvalue weighted by atomic mass is 9.98. The summed E-state index contributed by atoms with van der Waals surface area (Å²) in [5, 5.41) is 3.08. The first-order valence-corrected chi connectivity index (χ1v) is 6.21. The van der Waals surface area contributed by atoms with Crippen molar-refractivity contribution in [2.24, 2.45) is 5.92 Å². The van der Waals surface area contributed by atoms with Crippen LogP contribution in [-0.2, 0) is 4.79 Å². The Bertz CT molecular complexity index is 230. The van der Waals surface area contributed by atoms with Gasteiger partial charge in [-0.2, -0.15) is 0 Å². The highest BCUT2D eigenvalue weighted by Crippen LogP contribution is 2.21. The number of amides is 1. The molecule has 3 heteroatoms. The number of carbonyl (C=O) groups excluding carboxylic acids is 1. The Balaban J connectivity index is 1.78. The number of hydrogen-bond acceptors (Lipinski definition) is 2. The van der Waals surface area contributed by atoms with E-state index in [4.69, 9.17) is 0 Å². The molecule has 0 aromatic rings. The number of rotatable bonds is 3. The molecular weight excluding hydrogens is 188 g/mol. The van der Waals surface area contributed by atoms with Crippen LogP contribution in [0.5, 0.6) is 0 Å². The topological polar surface area (TPSA) is 32.3 Å². The number of nitrogens with one attached hydrogen (secondary N) is 1. The summed E-state index contributed by atoms with van der Waals surface area (Å²) in [6, 6.07) is 0.557. The van der Waals surface area contributed by atoms with Gasteiger partial charge in [0.25, 0.3) is 0 Å². The highest BCUT2D eigenvalue weighted by Gasteiger charge is 2.29. The molecule has 0 spiro atoms. The number of carbonyl (C=O) groups is 1. The lowest BCUT2D eigenvalue weighted by molar-refractivity contribution is -0.126. The van der Waals surface area contributed by atoms with E-state index in [1.165, 1.54) is 25.7 Å². The summed E-state index contributed by atoms with van der Waals surface area (Å²) in [7, 11) is 0. The van der Waals surface area contributed by atoms with Gasteiger partial charge in [-0.05, 0) is 51.6 Å². The Morgan fingerprint density at radius 2 is 1.87 bits per heavy atom. The van der Waals surface area contributed by atoms with Gasteiger partial charge >= 0.3 is 0 Å². The fourth-order valence-corrected chi connectivity index (χ4v) is 2.13. The molecule has 1 unspecified atom stereocenters. The van der Waals surface area contributed by atoms with Crippen LogP contribution in [0.15, 0.2) is 0 Å². The summed E-state index contributed by atoms with van der Waals surface area (Å²) in [6.45, 7) is 6.50. The molecule has 1 saturated carbocycles. The average molecular weight is 210 g/mol. The van der Waals surface area contributed by atoms with Crippen molar-refractivity contribution in [2.45, 2.75) is 51.6 Å². The van der Waals surface area contributed by atoms with Gasteiger partial charge in [0.15, 0.2) is 0 Å². The van der Waals surface area contributed by atoms with Crippen LogP contribution in [0.25, 0.3) is 0 Å². The third kappa shape index (κ3) is 2.94. The van der Waals surface area contributed by atoms with Crippen molar-refractivity contribution in [1.82, 2.24) is 10.2 Å². The second-order valence-electron chi connectivity index (χ2n) is 5.18. The van der Waals surface area contributed by atoms with Crippen LogP contribution < -0.4 is 5.32 Å². The van der Waals surface area contributed by atoms with Gasteiger partial charge in [0, 0.05) is 6.04 Å². The molecule has 3 nitrogen and oxygen atoms in total. The lowest BCUT2D eigenvalue weighted by Crippen LogP contribution is -2.48. The zero-order valence-electron chi connectivity index (χ0n) is 9.83. The van der Waals surface area contributed by atoms with Gasteiger partial charge < -0.3 is 5.32 Å². The van der Waals surface area contributed by atoms with E-state index in [1.54, 1.807) is 0 Å². The number of piperidine rings is 1. The van der Waals surface area contributed by atoms with Gasteiger partial charge in [-0.1, -0.05) is 6.92 Å². The van der Waals surface area contributed by atoms with E-state index in [0.29, 0.717) is 6.04 Å². The van der Waals surface area contributed by atoms with Crippen molar-refractivity contribution in [3.63, 3.8) is 0 Å². The Morgan fingerprint density at radius 3 is 2.40 bits per heavy atom. The second kappa shape index (κ2) is 4.52. The van der Waals surface area contributed by atoms with Gasteiger partial charge in [0.05, 0.1) is 6.04 Å². The zero-order chi connectivity index (χ0) is 10.8. The van der Waals surface area contributed by atoms with E-state index in [0.717, 1.165) is 19.0 Å². The van der Waals surface area contributed by atoms with Crippen molar-refractivity contribution in [1.29, 1.82) is 0 Å². The maximum absolute atomic E-state index is 11.8. The van der Waals surface area contributed by atoms with E-state index < -0.39 is 0 Å². The lowest BCUT2D eigenvalue weighted by Gasteiger charge is -2.34. The van der Waals surface area contributed by atoms with Crippen LogP contribution in [0, 0.1) is 5.92 Å². The molecule has 0 bridgehead atoms. The molecule has 1 aliphatic heterocycles. The summed E-state index contributed by atoms with van der Waals surface area (Å²) in [6.07, 6.45) is 4.83. The minimum Gasteiger partial charge on any atom is -0.352 e. The van der Waals surface area contributed by atoms with E-state index >= 15 is 0 Å². The van der Waals surface area contributed by atoms with E-state index in [9.17, 15) is 4.79 Å². The van der Waals surface area contributed by atoms with Crippen molar-refractivity contribution >= 4 is 5.91 Å². The average Bonchev–Trinajstić information content (AvgIpc) is 3.02. The van der Waals surface area contributed by atoms with Crippen LogP contribution in [0.1, 0.15) is 39.5 Å². The fourth-order valence-electron chi connectivity index (χ4n) is 2.13. The summed E-state index contributed by atoms with van der Waals surface area (Å²) in [4.78, 5) is 14.1. The van der Waals surface area contributed by atoms with Crippen molar-refractivity contribution in [3.05, 3.63) is 0 Å². The molecule has 2 rings (SSSR count). The molecule has 2 aliphatic rings. The summed E-state index contributed by atoms with van der Waals surface area (Å²) < 4.78 is 0. The van der Waals surface area contributed by atoms with Crippen LogP contribution in [0.3, 0.4) is 0 Å². The first-order valence-electron chi connectivity index (χ1n) is 6.21. The first kappa shape index (κ1) is 10.9. The van der Waals surface area contributed by atoms with Gasteiger partial charge in [0.1, 0.15) is 0 Å². The predicted octanol–water partition coefficient (Wildman–Crippen LogP) is 1.39. The van der Waals surface area contributed by atoms with Crippen LogP contribution >= 0.6 is 0 Å². The van der Waals surface area contributed by atoms with E-state index in [1.807, 2.05) is 6.92 Å². The molecule has 2 fully saturated rings. The molecule has 0 radical (unpaired) electrons. The highest BCUT2D eigenvalue weighted by atomic mass is 16.2. The molecule has 86 valence electrons. The molecule has 0 aromatic carbocycles. The molecule has 1 aliphatic carbocycles. The minimum absolute atomic E-state index is 0.0677. The zero-order valence-corrected chi connectivity index (χ0v) is 9.83. The fraction of sp³-hybridized carbons (Fsp3) is 0.917. The third-order valence-electron chi connectivity index (χ3n) is 3.67. The monoisotopic (exact) mass is 210 g/mol. The maximum atomic E-state index is 11.8. The number of nitrogens with zero attached hydrogens (tertiary/aromatic N) is 1. The minimum atomic E-state index is 0.0677. The largest absolute Gasteiger partial charge is 0.352 e. The Kier molecular flexibility index (Phi) is 3.29. The molecule has 1 saturated heterocycles. The Hall–Kier alpha value is -0.570. The first-order chi connectivity index (χ1) is 7.16. The molecule has 1 amide bonds. The Labute approximate surface area is 92.2 Å². The van der Waals surface area contributed by atoms with Crippen LogP contribution in [0.4, 0.5) is 0 Å². The maximum Gasteiger partial charge on any atom is 0.237 e. The molecular formula is C12H22N2O. The van der Waals surface area contributed by atoms with E-state index in [-0.39, 0.29) is 11.9 Å². The quantitative estimate of drug-likeness (QED) is 0.763. The van der Waals surface area contributed by atoms with Crippen LogP contribution in [0.2, 0.25) is 0 Å². The summed E-state index contributed by atoms with van der Waals surface area (Å²) in [5.74, 6) is 1.06. The van der Waals surface area contributed by atoms with Gasteiger partial charge in [-0.15, -0.1) is 0 Å². The summed E-state index contributed by atoms with van der Waals surface area (Å²) in [5.41, 5.74) is 0. The normalized spacial score (nSPS) is 26.3. The van der Waals surface area contributed by atoms with Gasteiger partial charge in [0.2, 0.25) is 5.91 Å². The molecule has 15 heavy (non-hydrogen) atoms. The molecule has 1 atom stereocenters. The van der Waals surface area contributed by atoms with Gasteiger partial charge in [-0.25, -0.2) is 0 Å². The predicted molar refractivity (Wildman–Crippen MR) is 60.6 cm³/mol. The van der Waals surface area contributed by atoms with Crippen molar-refractivity contribution in [2.75, 3.05) is 13.1 Å². The molecule has 0 aromatic heterocycles. The van der Waals surface area contributed by atoms with Crippen LogP contribution in [-0.4, -0.2) is 36.0 Å². The van der Waals surface area contributed by atoms with Gasteiger partial charge in [-0.3, -0.25) is 9.69 Å². The highest BCUT2D eigenvalue weighted by molar-refractivity contribution is 5.81. The third-order valence-corrected chi connectivity index (χ3v) is 3.67. The summed E-state index contributed by atoms with van der Waals surface area (Å²) >= 11 is 0. The molecule has 1 N–H and O–H groups in total. The number of likely N-dealkylation sites (tertiary alicyclic amines) is 1. The van der Waals surface area contributed by atoms with E-state index in [2.05, 4.69) is 17.1 Å².